The summed E-state index contributed by atoms with van der Waals surface area (Å²) in [6.07, 6.45) is 2.27. The molecule has 3 N–H and O–H groups in total. The van der Waals surface area contributed by atoms with Crippen molar-refractivity contribution in [2.24, 2.45) is 11.7 Å². The molecule has 2 atom stereocenters. The van der Waals surface area contributed by atoms with Gasteiger partial charge in [0.05, 0.1) is 0 Å². The van der Waals surface area contributed by atoms with E-state index in [2.05, 4.69) is 17.3 Å². The molecule has 0 radical (unpaired) electrons. The van der Waals surface area contributed by atoms with Gasteiger partial charge in [-0.15, -0.1) is 0 Å². The number of fused-ring (bicyclic) bond motifs is 1. The van der Waals surface area contributed by atoms with E-state index in [4.69, 9.17) is 10.5 Å². The van der Waals surface area contributed by atoms with Crippen molar-refractivity contribution in [3.63, 3.8) is 0 Å². The lowest BCUT2D eigenvalue weighted by Crippen LogP contribution is -2.51. The van der Waals surface area contributed by atoms with Gasteiger partial charge in [0.15, 0.2) is 6.61 Å². The van der Waals surface area contributed by atoms with Gasteiger partial charge in [-0.3, -0.25) is 4.79 Å². The lowest BCUT2D eigenvalue weighted by atomic mass is 9.92. The van der Waals surface area contributed by atoms with Crippen LogP contribution in [0.5, 0.6) is 5.75 Å². The lowest BCUT2D eigenvalue weighted by Gasteiger charge is -2.36. The van der Waals surface area contributed by atoms with E-state index in [1.807, 2.05) is 23.1 Å². The van der Waals surface area contributed by atoms with Crippen LogP contribution in [0.2, 0.25) is 0 Å². The molecule has 0 aromatic heterocycles. The minimum Gasteiger partial charge on any atom is -0.484 e. The highest BCUT2D eigenvalue weighted by molar-refractivity contribution is 5.75. The molecule has 1 aromatic carbocycles. The number of hydrogen-bond donors (Lipinski definition) is 2. The number of likely N-dealkylation sites (N-methyl/N-ethyl adjacent to an activating group) is 1. The smallest absolute Gasteiger partial charge is 0.317 e. The van der Waals surface area contributed by atoms with Crippen molar-refractivity contribution in [2.45, 2.75) is 25.4 Å². The van der Waals surface area contributed by atoms with E-state index in [0.29, 0.717) is 24.3 Å². The van der Waals surface area contributed by atoms with Gasteiger partial charge in [0.1, 0.15) is 5.75 Å². The van der Waals surface area contributed by atoms with Gasteiger partial charge >= 0.3 is 6.03 Å². The van der Waals surface area contributed by atoms with E-state index >= 15 is 0 Å². The number of benzene rings is 1. The second-order valence-electron chi connectivity index (χ2n) is 6.92. The summed E-state index contributed by atoms with van der Waals surface area (Å²) in [6, 6.07) is 7.63. The molecular weight excluding hydrogens is 320 g/mol. The van der Waals surface area contributed by atoms with E-state index in [0.717, 1.165) is 31.6 Å². The largest absolute Gasteiger partial charge is 0.484 e. The van der Waals surface area contributed by atoms with Crippen LogP contribution in [0.25, 0.3) is 0 Å². The molecule has 2 fully saturated rings. The number of hydrogen-bond acceptors (Lipinski definition) is 4. The molecule has 2 saturated heterocycles. The maximum atomic E-state index is 12.6. The number of likely N-dealkylation sites (tertiary alicyclic amines) is 2. The second-order valence-corrected chi connectivity index (χ2v) is 6.92. The van der Waals surface area contributed by atoms with Gasteiger partial charge in [0.25, 0.3) is 5.91 Å². The molecule has 25 heavy (non-hydrogen) atoms. The van der Waals surface area contributed by atoms with Crippen molar-refractivity contribution in [1.29, 1.82) is 0 Å². The van der Waals surface area contributed by atoms with Crippen LogP contribution >= 0.6 is 0 Å². The Morgan fingerprint density at radius 2 is 2.12 bits per heavy atom. The number of nitrogens with one attached hydrogen (secondary N) is 1. The summed E-state index contributed by atoms with van der Waals surface area (Å²) in [5, 5.41) is 3.00. The summed E-state index contributed by atoms with van der Waals surface area (Å²) in [5.41, 5.74) is 6.00. The monoisotopic (exact) mass is 346 g/mol. The molecule has 3 amide bonds. The highest BCUT2D eigenvalue weighted by Crippen LogP contribution is 2.31. The predicted octanol–water partition coefficient (Wildman–Crippen LogP) is 0.786. The van der Waals surface area contributed by atoms with Crippen LogP contribution in [-0.2, 0) is 11.3 Å². The molecule has 0 spiro atoms. The summed E-state index contributed by atoms with van der Waals surface area (Å²) < 4.78 is 5.29. The van der Waals surface area contributed by atoms with Gasteiger partial charge in [-0.1, -0.05) is 12.1 Å². The molecule has 0 unspecified atom stereocenters. The standard InChI is InChI=1S/C18H26N4O3/c1-21-7-5-14-6-8-22(16(14)11-21)18(24)20-10-13-3-2-4-15(9-13)25-12-17(19)23/h2-4,9,14,16H,5-8,10-12H2,1H3,(H2,19,23)(H,20,24)/t14-,16+/m1/s1. The van der Waals surface area contributed by atoms with Crippen LogP contribution in [0.1, 0.15) is 18.4 Å². The van der Waals surface area contributed by atoms with E-state index in [1.165, 1.54) is 6.42 Å². The van der Waals surface area contributed by atoms with Crippen LogP contribution in [-0.4, -0.2) is 61.1 Å². The molecular formula is C18H26N4O3. The Bertz CT molecular complexity index is 637. The first-order chi connectivity index (χ1) is 12.0. The predicted molar refractivity (Wildman–Crippen MR) is 94.1 cm³/mol. The molecule has 1 aromatic rings. The molecule has 0 saturated carbocycles. The number of rotatable bonds is 5. The number of nitrogens with zero attached hydrogens (tertiary/aromatic N) is 2. The highest BCUT2D eigenvalue weighted by atomic mass is 16.5. The zero-order chi connectivity index (χ0) is 17.8. The maximum Gasteiger partial charge on any atom is 0.317 e. The third-order valence-corrected chi connectivity index (χ3v) is 5.05. The maximum absolute atomic E-state index is 12.6. The lowest BCUT2D eigenvalue weighted by molar-refractivity contribution is -0.119. The molecule has 7 heteroatoms. The van der Waals surface area contributed by atoms with E-state index in [9.17, 15) is 9.59 Å². The number of piperidine rings is 1. The number of nitrogens with two attached hydrogens (primary N) is 1. The fraction of sp³-hybridized carbons (Fsp3) is 0.556. The van der Waals surface area contributed by atoms with Crippen LogP contribution in [0, 0.1) is 5.92 Å². The third kappa shape index (κ3) is 4.42. The van der Waals surface area contributed by atoms with Crippen LogP contribution in [0.4, 0.5) is 4.79 Å². The fourth-order valence-electron chi connectivity index (χ4n) is 3.73. The van der Waals surface area contributed by atoms with Gasteiger partial charge in [-0.25, -0.2) is 4.79 Å². The molecule has 2 aliphatic heterocycles. The number of carbonyl (C=O) groups is 2. The highest BCUT2D eigenvalue weighted by Gasteiger charge is 2.39. The fourth-order valence-corrected chi connectivity index (χ4v) is 3.73. The first-order valence-electron chi connectivity index (χ1n) is 8.76. The summed E-state index contributed by atoms with van der Waals surface area (Å²) in [6.45, 7) is 3.18. The number of primary amides is 1. The third-order valence-electron chi connectivity index (χ3n) is 5.05. The Morgan fingerprint density at radius 3 is 2.92 bits per heavy atom. The molecule has 2 heterocycles. The second kappa shape index (κ2) is 7.74. The topological polar surface area (TPSA) is 87.9 Å². The Morgan fingerprint density at radius 1 is 1.32 bits per heavy atom. The number of amides is 3. The van der Waals surface area contributed by atoms with Gasteiger partial charge in [0.2, 0.25) is 0 Å². The summed E-state index contributed by atoms with van der Waals surface area (Å²) >= 11 is 0. The van der Waals surface area contributed by atoms with E-state index in [-0.39, 0.29) is 12.6 Å². The molecule has 0 aliphatic carbocycles. The van der Waals surface area contributed by atoms with Gasteiger partial charge in [-0.2, -0.15) is 0 Å². The number of ether oxygens (including phenoxy) is 1. The Kier molecular flexibility index (Phi) is 5.43. The molecule has 136 valence electrons. The molecule has 0 bridgehead atoms. The number of carbonyl (C=O) groups excluding carboxylic acids is 2. The first kappa shape index (κ1) is 17.5. The average molecular weight is 346 g/mol. The van der Waals surface area contributed by atoms with Crippen molar-refractivity contribution in [3.8, 4) is 5.75 Å². The van der Waals surface area contributed by atoms with Gasteiger partial charge in [-0.05, 0) is 50.0 Å². The zero-order valence-corrected chi connectivity index (χ0v) is 14.6. The Hall–Kier alpha value is -2.28. The Balaban J connectivity index is 1.54. The SMILES string of the molecule is CN1CC[C@@H]2CCN(C(=O)NCc3cccc(OCC(N)=O)c3)[C@H]2C1. The molecule has 3 rings (SSSR count). The molecule has 7 nitrogen and oxygen atoms in total. The molecule has 2 aliphatic rings. The van der Waals surface area contributed by atoms with Crippen molar-refractivity contribution in [3.05, 3.63) is 29.8 Å². The van der Waals surface area contributed by atoms with Crippen LogP contribution < -0.4 is 15.8 Å². The average Bonchev–Trinajstić information content (AvgIpc) is 3.01. The first-order valence-corrected chi connectivity index (χ1v) is 8.76. The van der Waals surface area contributed by atoms with E-state index < -0.39 is 5.91 Å². The minimum absolute atomic E-state index is 0.00810. The quantitative estimate of drug-likeness (QED) is 0.825. The van der Waals surface area contributed by atoms with Crippen molar-refractivity contribution in [1.82, 2.24) is 15.1 Å². The van der Waals surface area contributed by atoms with Crippen molar-refractivity contribution >= 4 is 11.9 Å². The Labute approximate surface area is 148 Å². The zero-order valence-electron chi connectivity index (χ0n) is 14.6. The normalized spacial score (nSPS) is 23.2. The van der Waals surface area contributed by atoms with Gasteiger partial charge < -0.3 is 25.6 Å². The van der Waals surface area contributed by atoms with Gasteiger partial charge in [0, 0.05) is 25.7 Å². The van der Waals surface area contributed by atoms with Crippen LogP contribution in [0.15, 0.2) is 24.3 Å². The van der Waals surface area contributed by atoms with Crippen molar-refractivity contribution < 1.29 is 14.3 Å². The summed E-state index contributed by atoms with van der Waals surface area (Å²) in [7, 11) is 2.11. The summed E-state index contributed by atoms with van der Waals surface area (Å²) in [5.74, 6) is 0.688. The van der Waals surface area contributed by atoms with E-state index in [1.54, 1.807) is 6.07 Å². The number of urea groups is 1. The minimum atomic E-state index is -0.514. The summed E-state index contributed by atoms with van der Waals surface area (Å²) in [4.78, 5) is 27.7. The van der Waals surface area contributed by atoms with Crippen LogP contribution in [0.3, 0.4) is 0 Å². The van der Waals surface area contributed by atoms with Crippen molar-refractivity contribution in [2.75, 3.05) is 33.3 Å².